The predicted molar refractivity (Wildman–Crippen MR) is 72.2 cm³/mol. The first kappa shape index (κ1) is 13.7. The molecule has 0 saturated heterocycles. The molecule has 1 heterocycles. The summed E-state index contributed by atoms with van der Waals surface area (Å²) in [6.45, 7) is 0. The minimum absolute atomic E-state index is 0.156. The standard InChI is InChI=1S/C14H12FN3O2/c1-20-13-3-2-10(8-12(13)15)9-17-18-14(19)11-4-6-16-7-5-11/h2-9H,1H3,(H,18,19)/b17-9+. The van der Waals surface area contributed by atoms with Gasteiger partial charge in [0.05, 0.1) is 13.3 Å². The van der Waals surface area contributed by atoms with Crippen molar-refractivity contribution in [3.05, 3.63) is 59.7 Å². The molecular formula is C14H12FN3O2. The molecule has 2 aromatic rings. The van der Waals surface area contributed by atoms with Crippen LogP contribution in [0.15, 0.2) is 47.8 Å². The van der Waals surface area contributed by atoms with Crippen LogP contribution in [0.3, 0.4) is 0 Å². The number of amides is 1. The van der Waals surface area contributed by atoms with E-state index in [4.69, 9.17) is 4.74 Å². The van der Waals surface area contributed by atoms with Crippen LogP contribution in [0.1, 0.15) is 15.9 Å². The third kappa shape index (κ3) is 3.38. The number of pyridine rings is 1. The highest BCUT2D eigenvalue weighted by atomic mass is 19.1. The Balaban J connectivity index is 2.00. The average molecular weight is 273 g/mol. The van der Waals surface area contributed by atoms with Crippen LogP contribution in [-0.4, -0.2) is 24.2 Å². The van der Waals surface area contributed by atoms with E-state index >= 15 is 0 Å². The van der Waals surface area contributed by atoms with E-state index in [0.717, 1.165) is 0 Å². The largest absolute Gasteiger partial charge is 0.494 e. The second-order valence-corrected chi connectivity index (χ2v) is 3.83. The fourth-order valence-corrected chi connectivity index (χ4v) is 1.50. The van der Waals surface area contributed by atoms with Gasteiger partial charge in [-0.2, -0.15) is 5.10 Å². The van der Waals surface area contributed by atoms with Crippen LogP contribution in [0.2, 0.25) is 0 Å². The fourth-order valence-electron chi connectivity index (χ4n) is 1.50. The molecule has 1 amide bonds. The van der Waals surface area contributed by atoms with Crippen molar-refractivity contribution in [3.63, 3.8) is 0 Å². The lowest BCUT2D eigenvalue weighted by Crippen LogP contribution is -2.17. The SMILES string of the molecule is COc1ccc(/C=N/NC(=O)c2ccncc2)cc1F. The van der Waals surface area contributed by atoms with E-state index in [1.165, 1.54) is 37.9 Å². The second kappa shape index (κ2) is 6.42. The molecule has 0 saturated carbocycles. The number of methoxy groups -OCH3 is 1. The lowest BCUT2D eigenvalue weighted by atomic mass is 10.2. The molecular weight excluding hydrogens is 261 g/mol. The molecule has 1 aromatic heterocycles. The Morgan fingerprint density at radius 2 is 2.10 bits per heavy atom. The molecule has 1 aromatic carbocycles. The highest BCUT2D eigenvalue weighted by Crippen LogP contribution is 2.16. The third-order valence-corrected chi connectivity index (χ3v) is 2.50. The van der Waals surface area contributed by atoms with Gasteiger partial charge in [-0.25, -0.2) is 9.82 Å². The van der Waals surface area contributed by atoms with Crippen molar-refractivity contribution in [1.82, 2.24) is 10.4 Å². The summed E-state index contributed by atoms with van der Waals surface area (Å²) in [6.07, 6.45) is 4.37. The molecule has 0 unspecified atom stereocenters. The van der Waals surface area contributed by atoms with Gasteiger partial charge in [0.15, 0.2) is 11.6 Å². The summed E-state index contributed by atoms with van der Waals surface area (Å²) >= 11 is 0. The number of benzene rings is 1. The Bertz CT molecular complexity index is 630. The van der Waals surface area contributed by atoms with E-state index in [1.807, 2.05) is 0 Å². The normalized spacial score (nSPS) is 10.5. The van der Waals surface area contributed by atoms with E-state index in [0.29, 0.717) is 11.1 Å². The maximum atomic E-state index is 13.4. The van der Waals surface area contributed by atoms with E-state index < -0.39 is 5.82 Å². The van der Waals surface area contributed by atoms with Gasteiger partial charge in [-0.3, -0.25) is 9.78 Å². The van der Waals surface area contributed by atoms with Crippen molar-refractivity contribution in [2.75, 3.05) is 7.11 Å². The maximum absolute atomic E-state index is 13.4. The van der Waals surface area contributed by atoms with Crippen LogP contribution in [0.25, 0.3) is 0 Å². The number of carbonyl (C=O) groups is 1. The number of rotatable bonds is 4. The van der Waals surface area contributed by atoms with Crippen molar-refractivity contribution in [2.45, 2.75) is 0 Å². The number of hydrogen-bond acceptors (Lipinski definition) is 4. The Hall–Kier alpha value is -2.76. The summed E-state index contributed by atoms with van der Waals surface area (Å²) in [7, 11) is 1.39. The molecule has 2 rings (SSSR count). The van der Waals surface area contributed by atoms with Gasteiger partial charge in [-0.15, -0.1) is 0 Å². The number of nitrogens with one attached hydrogen (secondary N) is 1. The Labute approximate surface area is 115 Å². The molecule has 0 atom stereocenters. The number of hydrogen-bond donors (Lipinski definition) is 1. The van der Waals surface area contributed by atoms with Gasteiger partial charge < -0.3 is 4.74 Å². The van der Waals surface area contributed by atoms with Crippen molar-refractivity contribution >= 4 is 12.1 Å². The molecule has 102 valence electrons. The molecule has 6 heteroatoms. The number of halogens is 1. The summed E-state index contributed by atoms with van der Waals surface area (Å²) < 4.78 is 18.2. The van der Waals surface area contributed by atoms with E-state index in [-0.39, 0.29) is 11.7 Å². The van der Waals surface area contributed by atoms with Gasteiger partial charge in [0.25, 0.3) is 5.91 Å². The molecule has 0 aliphatic carbocycles. The smallest absolute Gasteiger partial charge is 0.271 e. The van der Waals surface area contributed by atoms with E-state index in [2.05, 4.69) is 15.5 Å². The summed E-state index contributed by atoms with van der Waals surface area (Å²) in [5, 5.41) is 3.76. The van der Waals surface area contributed by atoms with Crippen LogP contribution >= 0.6 is 0 Å². The monoisotopic (exact) mass is 273 g/mol. The second-order valence-electron chi connectivity index (χ2n) is 3.83. The Morgan fingerprint density at radius 3 is 2.75 bits per heavy atom. The maximum Gasteiger partial charge on any atom is 0.271 e. The quantitative estimate of drug-likeness (QED) is 0.684. The van der Waals surface area contributed by atoms with Crippen LogP contribution in [0.4, 0.5) is 4.39 Å². The summed E-state index contributed by atoms with van der Waals surface area (Å²) in [5.41, 5.74) is 3.30. The number of hydrazone groups is 1. The molecule has 20 heavy (non-hydrogen) atoms. The lowest BCUT2D eigenvalue weighted by molar-refractivity contribution is 0.0955. The molecule has 5 nitrogen and oxygen atoms in total. The van der Waals surface area contributed by atoms with Crippen molar-refractivity contribution < 1.29 is 13.9 Å². The van der Waals surface area contributed by atoms with E-state index in [9.17, 15) is 9.18 Å². The van der Waals surface area contributed by atoms with Crippen molar-refractivity contribution in [3.8, 4) is 5.75 Å². The molecule has 1 N–H and O–H groups in total. The number of ether oxygens (including phenoxy) is 1. The van der Waals surface area contributed by atoms with Crippen molar-refractivity contribution in [2.24, 2.45) is 5.10 Å². The summed E-state index contributed by atoms with van der Waals surface area (Å²) in [4.78, 5) is 15.5. The van der Waals surface area contributed by atoms with Crippen LogP contribution in [0.5, 0.6) is 5.75 Å². The van der Waals surface area contributed by atoms with Gasteiger partial charge in [-0.1, -0.05) is 0 Å². The minimum atomic E-state index is -0.489. The zero-order valence-electron chi connectivity index (χ0n) is 10.7. The first-order valence-corrected chi connectivity index (χ1v) is 5.77. The molecule has 0 fully saturated rings. The molecule has 0 bridgehead atoms. The van der Waals surface area contributed by atoms with Gasteiger partial charge in [0.1, 0.15) is 0 Å². The summed E-state index contributed by atoms with van der Waals surface area (Å²) in [6, 6.07) is 7.52. The average Bonchev–Trinajstić information content (AvgIpc) is 2.48. The van der Waals surface area contributed by atoms with Crippen molar-refractivity contribution in [1.29, 1.82) is 0 Å². The minimum Gasteiger partial charge on any atom is -0.494 e. The van der Waals surface area contributed by atoms with Crippen LogP contribution < -0.4 is 10.2 Å². The molecule has 0 spiro atoms. The molecule has 0 aliphatic rings. The Kier molecular flexibility index (Phi) is 4.39. The predicted octanol–water partition coefficient (Wildman–Crippen LogP) is 1.99. The fraction of sp³-hybridized carbons (Fsp3) is 0.0714. The highest BCUT2D eigenvalue weighted by Gasteiger charge is 2.03. The molecule has 0 radical (unpaired) electrons. The third-order valence-electron chi connectivity index (χ3n) is 2.50. The molecule has 0 aliphatic heterocycles. The first-order chi connectivity index (χ1) is 9.70. The number of nitrogens with zero attached hydrogens (tertiary/aromatic N) is 2. The van der Waals surface area contributed by atoms with Gasteiger partial charge in [-0.05, 0) is 35.9 Å². The van der Waals surface area contributed by atoms with Gasteiger partial charge >= 0.3 is 0 Å². The lowest BCUT2D eigenvalue weighted by Gasteiger charge is -2.02. The topological polar surface area (TPSA) is 63.6 Å². The van der Waals surface area contributed by atoms with Gasteiger partial charge in [0, 0.05) is 18.0 Å². The first-order valence-electron chi connectivity index (χ1n) is 5.77. The Morgan fingerprint density at radius 1 is 1.35 bits per heavy atom. The zero-order valence-corrected chi connectivity index (χ0v) is 10.7. The van der Waals surface area contributed by atoms with Gasteiger partial charge in [0.2, 0.25) is 0 Å². The number of carbonyl (C=O) groups excluding carboxylic acids is 1. The summed E-state index contributed by atoms with van der Waals surface area (Å²) in [5.74, 6) is -0.697. The zero-order chi connectivity index (χ0) is 14.4. The number of aromatic nitrogens is 1. The van der Waals surface area contributed by atoms with E-state index in [1.54, 1.807) is 18.2 Å². The highest BCUT2D eigenvalue weighted by molar-refractivity contribution is 5.94. The van der Waals surface area contributed by atoms with Crippen LogP contribution in [0, 0.1) is 5.82 Å². The van der Waals surface area contributed by atoms with Crippen LogP contribution in [-0.2, 0) is 0 Å².